The first kappa shape index (κ1) is 12.7. The zero-order valence-corrected chi connectivity index (χ0v) is 9.62. The molecule has 1 aromatic rings. The van der Waals surface area contributed by atoms with Gasteiger partial charge in [0.2, 0.25) is 10.0 Å². The van der Waals surface area contributed by atoms with Crippen molar-refractivity contribution in [1.29, 1.82) is 0 Å². The lowest BCUT2D eigenvalue weighted by Crippen LogP contribution is -2.24. The van der Waals surface area contributed by atoms with Gasteiger partial charge in [0.15, 0.2) is 0 Å². The Morgan fingerprint density at radius 2 is 2.12 bits per heavy atom. The summed E-state index contributed by atoms with van der Waals surface area (Å²) in [6, 6.07) is 5.26. The molecule has 0 radical (unpaired) electrons. The van der Waals surface area contributed by atoms with Crippen LogP contribution >= 0.6 is 0 Å². The van der Waals surface area contributed by atoms with Crippen LogP contribution in [-0.4, -0.2) is 26.0 Å². The highest BCUT2D eigenvalue weighted by atomic mass is 32.2. The van der Waals surface area contributed by atoms with Crippen LogP contribution in [0.25, 0.3) is 0 Å². The summed E-state index contributed by atoms with van der Waals surface area (Å²) >= 11 is 0. The van der Waals surface area contributed by atoms with Gasteiger partial charge in [0.1, 0.15) is 0 Å². The van der Waals surface area contributed by atoms with Crippen LogP contribution in [0.5, 0.6) is 0 Å². The average molecular weight is 243 g/mol. The molecule has 5 nitrogen and oxygen atoms in total. The van der Waals surface area contributed by atoms with Crippen molar-refractivity contribution in [2.45, 2.75) is 18.2 Å². The number of carboxylic acids is 1. The Morgan fingerprint density at radius 3 is 2.69 bits per heavy atom. The quantitative estimate of drug-likeness (QED) is 0.810. The lowest BCUT2D eigenvalue weighted by Gasteiger charge is -2.05. The second-order valence-electron chi connectivity index (χ2n) is 3.23. The molecule has 1 rings (SSSR count). The molecule has 0 fully saturated rings. The molecule has 0 spiro atoms. The van der Waals surface area contributed by atoms with Crippen molar-refractivity contribution < 1.29 is 18.3 Å². The van der Waals surface area contributed by atoms with E-state index in [1.54, 1.807) is 0 Å². The zero-order chi connectivity index (χ0) is 12.2. The molecule has 0 heterocycles. The molecule has 0 unspecified atom stereocenters. The fourth-order valence-corrected chi connectivity index (χ4v) is 2.30. The molecule has 0 aliphatic carbocycles. The van der Waals surface area contributed by atoms with E-state index in [1.165, 1.54) is 18.2 Å². The van der Waals surface area contributed by atoms with E-state index in [9.17, 15) is 13.2 Å². The number of rotatable bonds is 5. The van der Waals surface area contributed by atoms with Crippen LogP contribution in [0.15, 0.2) is 29.2 Å². The molecule has 88 valence electrons. The minimum Gasteiger partial charge on any atom is -0.478 e. The molecule has 0 bridgehead atoms. The maximum absolute atomic E-state index is 11.7. The predicted octanol–water partition coefficient (Wildman–Crippen LogP) is 1.07. The van der Waals surface area contributed by atoms with Gasteiger partial charge in [-0.1, -0.05) is 13.0 Å². The highest BCUT2D eigenvalue weighted by Gasteiger charge is 2.14. The van der Waals surface area contributed by atoms with Crippen molar-refractivity contribution >= 4 is 16.0 Å². The van der Waals surface area contributed by atoms with Crippen LogP contribution in [0.3, 0.4) is 0 Å². The van der Waals surface area contributed by atoms with Crippen molar-refractivity contribution in [3.8, 4) is 0 Å². The van der Waals surface area contributed by atoms with E-state index in [1.807, 2.05) is 6.92 Å². The molecule has 0 saturated carbocycles. The van der Waals surface area contributed by atoms with Crippen LogP contribution in [0, 0.1) is 0 Å². The van der Waals surface area contributed by atoms with Gasteiger partial charge in [-0.15, -0.1) is 0 Å². The van der Waals surface area contributed by atoms with Crippen molar-refractivity contribution in [2.24, 2.45) is 0 Å². The van der Waals surface area contributed by atoms with Crippen LogP contribution in [0.4, 0.5) is 0 Å². The fourth-order valence-electron chi connectivity index (χ4n) is 1.12. The molecular weight excluding hydrogens is 230 g/mol. The van der Waals surface area contributed by atoms with Crippen molar-refractivity contribution in [3.63, 3.8) is 0 Å². The highest BCUT2D eigenvalue weighted by Crippen LogP contribution is 2.11. The van der Waals surface area contributed by atoms with Gasteiger partial charge in [0, 0.05) is 6.54 Å². The maximum atomic E-state index is 11.7. The van der Waals surface area contributed by atoms with E-state index in [0.29, 0.717) is 13.0 Å². The van der Waals surface area contributed by atoms with Crippen molar-refractivity contribution in [3.05, 3.63) is 29.8 Å². The van der Waals surface area contributed by atoms with E-state index >= 15 is 0 Å². The van der Waals surface area contributed by atoms with E-state index in [4.69, 9.17) is 5.11 Å². The van der Waals surface area contributed by atoms with Crippen LogP contribution in [0.1, 0.15) is 23.7 Å². The molecule has 0 atom stereocenters. The molecule has 6 heteroatoms. The number of aromatic carboxylic acids is 1. The summed E-state index contributed by atoms with van der Waals surface area (Å²) < 4.78 is 25.7. The van der Waals surface area contributed by atoms with Gasteiger partial charge in [-0.25, -0.2) is 17.9 Å². The Balaban J connectivity index is 3.04. The summed E-state index contributed by atoms with van der Waals surface area (Å²) in [4.78, 5) is 10.7. The van der Waals surface area contributed by atoms with Gasteiger partial charge in [0.25, 0.3) is 0 Å². The van der Waals surface area contributed by atoms with Gasteiger partial charge in [-0.2, -0.15) is 0 Å². The van der Waals surface area contributed by atoms with Gasteiger partial charge in [-0.05, 0) is 24.6 Å². The minimum absolute atomic E-state index is 0.0270. The first-order chi connectivity index (χ1) is 7.47. The number of hydrogen-bond acceptors (Lipinski definition) is 3. The number of hydrogen-bond donors (Lipinski definition) is 2. The third-order valence-electron chi connectivity index (χ3n) is 1.93. The molecular formula is C10H13NO4S. The van der Waals surface area contributed by atoms with Crippen LogP contribution in [0.2, 0.25) is 0 Å². The third-order valence-corrected chi connectivity index (χ3v) is 3.39. The number of sulfonamides is 1. The first-order valence-corrected chi connectivity index (χ1v) is 6.28. The minimum atomic E-state index is -3.59. The number of carbonyl (C=O) groups is 1. The SMILES string of the molecule is CCCNS(=O)(=O)c1cccc(C(=O)O)c1. The second-order valence-corrected chi connectivity index (χ2v) is 5.00. The summed E-state index contributed by atoms with van der Waals surface area (Å²) in [5.74, 6) is -1.15. The molecule has 0 aliphatic rings. The fraction of sp³-hybridized carbons (Fsp3) is 0.300. The predicted molar refractivity (Wildman–Crippen MR) is 58.9 cm³/mol. The molecule has 2 N–H and O–H groups in total. The summed E-state index contributed by atoms with van der Waals surface area (Å²) in [7, 11) is -3.59. The number of nitrogens with one attached hydrogen (secondary N) is 1. The molecule has 0 aromatic heterocycles. The Kier molecular flexibility index (Phi) is 4.03. The van der Waals surface area contributed by atoms with Crippen LogP contribution in [-0.2, 0) is 10.0 Å². The topological polar surface area (TPSA) is 83.5 Å². The van der Waals surface area contributed by atoms with E-state index in [-0.39, 0.29) is 10.5 Å². The smallest absolute Gasteiger partial charge is 0.335 e. The van der Waals surface area contributed by atoms with Gasteiger partial charge in [-0.3, -0.25) is 0 Å². The summed E-state index contributed by atoms with van der Waals surface area (Å²) in [5, 5.41) is 8.74. The Labute approximate surface area is 94.2 Å². The first-order valence-electron chi connectivity index (χ1n) is 4.80. The molecule has 0 aliphatic heterocycles. The zero-order valence-electron chi connectivity index (χ0n) is 8.80. The second kappa shape index (κ2) is 5.09. The molecule has 0 saturated heterocycles. The highest BCUT2D eigenvalue weighted by molar-refractivity contribution is 7.89. The van der Waals surface area contributed by atoms with E-state index in [0.717, 1.165) is 6.07 Å². The summed E-state index contributed by atoms with van der Waals surface area (Å²) in [5.41, 5.74) is -0.0422. The maximum Gasteiger partial charge on any atom is 0.335 e. The summed E-state index contributed by atoms with van der Waals surface area (Å²) in [6.07, 6.45) is 0.678. The monoisotopic (exact) mass is 243 g/mol. The summed E-state index contributed by atoms with van der Waals surface area (Å²) in [6.45, 7) is 2.18. The molecule has 1 aromatic carbocycles. The standard InChI is InChI=1S/C10H13NO4S/c1-2-6-11-16(14,15)9-5-3-4-8(7-9)10(12)13/h3-5,7,11H,2,6H2,1H3,(H,12,13). The number of benzene rings is 1. The van der Waals surface area contributed by atoms with Crippen molar-refractivity contribution in [1.82, 2.24) is 4.72 Å². The normalized spacial score (nSPS) is 11.3. The lowest BCUT2D eigenvalue weighted by atomic mass is 10.2. The van der Waals surface area contributed by atoms with Gasteiger partial charge in [0.05, 0.1) is 10.5 Å². The Hall–Kier alpha value is -1.40. The molecule has 0 amide bonds. The lowest BCUT2D eigenvalue weighted by molar-refractivity contribution is 0.0696. The Bertz CT molecular complexity index is 481. The van der Waals surface area contributed by atoms with Gasteiger partial charge < -0.3 is 5.11 Å². The van der Waals surface area contributed by atoms with E-state index < -0.39 is 16.0 Å². The van der Waals surface area contributed by atoms with Gasteiger partial charge >= 0.3 is 5.97 Å². The average Bonchev–Trinajstić information content (AvgIpc) is 2.26. The Morgan fingerprint density at radius 1 is 1.44 bits per heavy atom. The van der Waals surface area contributed by atoms with E-state index in [2.05, 4.69) is 4.72 Å². The number of carboxylic acid groups (broad SMARTS) is 1. The third kappa shape index (κ3) is 3.04. The van der Waals surface area contributed by atoms with Crippen LogP contribution < -0.4 is 4.72 Å². The molecule has 16 heavy (non-hydrogen) atoms. The largest absolute Gasteiger partial charge is 0.478 e. The van der Waals surface area contributed by atoms with Crippen molar-refractivity contribution in [2.75, 3.05) is 6.54 Å².